The smallest absolute Gasteiger partial charge is 0.268 e. The van der Waals surface area contributed by atoms with E-state index in [0.29, 0.717) is 28.1 Å². The van der Waals surface area contributed by atoms with Crippen LogP contribution >= 0.6 is 0 Å². The Kier molecular flexibility index (Phi) is 6.72. The molecule has 0 aliphatic carbocycles. The molecule has 6 heteroatoms. The molecule has 0 saturated carbocycles. The average Bonchev–Trinajstić information content (AvgIpc) is 3.65. The first-order chi connectivity index (χ1) is 24.6. The highest BCUT2D eigenvalue weighted by atomic mass is 16.2. The van der Waals surface area contributed by atoms with Gasteiger partial charge in [-0.05, 0) is 47.0 Å². The fraction of sp³-hybridized carbons (Fsp3) is 0. The van der Waals surface area contributed by atoms with Crippen LogP contribution in [0.2, 0.25) is 0 Å². The highest BCUT2D eigenvalue weighted by Crippen LogP contribution is 2.45. The van der Waals surface area contributed by atoms with Crippen LogP contribution in [-0.2, 0) is 0 Å². The quantitative estimate of drug-likeness (QED) is 0.175. The number of hydrogen-bond donors (Lipinski definition) is 0. The van der Waals surface area contributed by atoms with E-state index in [1.165, 1.54) is 4.90 Å². The zero-order valence-electron chi connectivity index (χ0n) is 26.6. The summed E-state index contributed by atoms with van der Waals surface area (Å²) >= 11 is 0. The van der Waals surface area contributed by atoms with E-state index in [1.807, 2.05) is 127 Å². The number of benzene rings is 6. The minimum Gasteiger partial charge on any atom is -0.308 e. The fourth-order valence-electron chi connectivity index (χ4n) is 7.32. The number of pyridine rings is 1. The molecule has 50 heavy (non-hydrogen) atoms. The number of carbonyl (C=O) groups is 2. The number of carbonyl (C=O) groups excluding carboxylic acids is 2. The Morgan fingerprint density at radius 3 is 1.94 bits per heavy atom. The van der Waals surface area contributed by atoms with E-state index in [-0.39, 0.29) is 11.8 Å². The van der Waals surface area contributed by atoms with Gasteiger partial charge in [0.15, 0.2) is 0 Å². The molecular weight excluding hydrogens is 617 g/mol. The third-order valence-corrected chi connectivity index (χ3v) is 9.44. The van der Waals surface area contributed by atoms with Gasteiger partial charge in [0.25, 0.3) is 11.8 Å². The van der Waals surface area contributed by atoms with Crippen LogP contribution in [-0.4, -0.2) is 21.4 Å². The highest BCUT2D eigenvalue weighted by Gasteiger charge is 2.41. The lowest BCUT2D eigenvalue weighted by molar-refractivity contribution is 0.0926. The topological polar surface area (TPSA) is 79.0 Å². The fourth-order valence-corrected chi connectivity index (χ4v) is 7.32. The summed E-state index contributed by atoms with van der Waals surface area (Å²) in [5, 5.41) is 11.6. The number of aromatic nitrogens is 2. The van der Waals surface area contributed by atoms with E-state index in [2.05, 4.69) is 27.8 Å². The lowest BCUT2D eigenvalue weighted by Gasteiger charge is -2.22. The van der Waals surface area contributed by atoms with E-state index in [9.17, 15) is 14.9 Å². The number of para-hydroxylation sites is 2. The molecule has 0 unspecified atom stereocenters. The maximum Gasteiger partial charge on any atom is 0.268 e. The monoisotopic (exact) mass is 642 g/mol. The van der Waals surface area contributed by atoms with Gasteiger partial charge >= 0.3 is 0 Å². The first kappa shape index (κ1) is 29.1. The van der Waals surface area contributed by atoms with Gasteiger partial charge in [0.1, 0.15) is 6.07 Å². The van der Waals surface area contributed by atoms with Gasteiger partial charge in [0.05, 0.1) is 39.1 Å². The number of fused-ring (bicyclic) bond motifs is 4. The second kappa shape index (κ2) is 11.6. The molecule has 0 saturated heterocycles. The summed E-state index contributed by atoms with van der Waals surface area (Å²) in [6.07, 6.45) is 3.28. The lowest BCUT2D eigenvalue weighted by Crippen LogP contribution is -2.30. The van der Waals surface area contributed by atoms with Crippen molar-refractivity contribution in [3.63, 3.8) is 0 Å². The van der Waals surface area contributed by atoms with Crippen LogP contribution in [0.15, 0.2) is 158 Å². The van der Waals surface area contributed by atoms with Gasteiger partial charge in [0.2, 0.25) is 0 Å². The Morgan fingerprint density at radius 2 is 1.16 bits per heavy atom. The Bertz CT molecular complexity index is 2710. The molecule has 0 fully saturated rings. The molecule has 0 N–H and O–H groups in total. The summed E-state index contributed by atoms with van der Waals surface area (Å²) in [4.78, 5) is 35.1. The number of imide groups is 1. The summed E-state index contributed by atoms with van der Waals surface area (Å²) < 4.78 is 2.07. The molecule has 2 aromatic heterocycles. The first-order valence-corrected chi connectivity index (χ1v) is 16.3. The van der Waals surface area contributed by atoms with Gasteiger partial charge in [-0.15, -0.1) is 0 Å². The molecule has 8 aromatic rings. The molecule has 0 spiro atoms. The van der Waals surface area contributed by atoms with E-state index in [1.54, 1.807) is 18.5 Å². The van der Waals surface area contributed by atoms with Gasteiger partial charge < -0.3 is 4.57 Å². The Balaban J connectivity index is 1.30. The van der Waals surface area contributed by atoms with Crippen LogP contribution in [0, 0.1) is 11.3 Å². The molecule has 0 atom stereocenters. The van der Waals surface area contributed by atoms with Crippen molar-refractivity contribution in [1.82, 2.24) is 9.55 Å². The zero-order chi connectivity index (χ0) is 33.8. The molecule has 1 aliphatic heterocycles. The molecule has 6 nitrogen and oxygen atoms in total. The summed E-state index contributed by atoms with van der Waals surface area (Å²) in [5.74, 6) is -0.763. The third kappa shape index (κ3) is 4.38. The molecule has 0 bridgehead atoms. The second-order valence-electron chi connectivity index (χ2n) is 12.2. The minimum atomic E-state index is -0.389. The summed E-state index contributed by atoms with van der Waals surface area (Å²) in [7, 11) is 0. The van der Waals surface area contributed by atoms with Crippen molar-refractivity contribution in [2.75, 3.05) is 4.90 Å². The predicted molar refractivity (Wildman–Crippen MR) is 197 cm³/mol. The van der Waals surface area contributed by atoms with Gasteiger partial charge in [0, 0.05) is 39.9 Å². The molecule has 9 rings (SSSR count). The van der Waals surface area contributed by atoms with Crippen molar-refractivity contribution >= 4 is 39.3 Å². The Hall–Kier alpha value is -7.10. The minimum absolute atomic E-state index is 0.336. The molecular formula is C44H26N4O2. The van der Waals surface area contributed by atoms with Gasteiger partial charge in [-0.2, -0.15) is 5.26 Å². The number of amides is 2. The third-order valence-electron chi connectivity index (χ3n) is 9.44. The molecule has 1 aliphatic rings. The van der Waals surface area contributed by atoms with Gasteiger partial charge in [-0.1, -0.05) is 115 Å². The number of anilines is 1. The SMILES string of the molecule is N#Cc1cncc(-c2cccc3c4ccccc4n(-c4cccc5c4C(=O)N(c4cccc(-c6ccccc6)c4-c4ccccc4)C5=O)c23)c1. The summed E-state index contributed by atoms with van der Waals surface area (Å²) in [6, 6.07) is 49.3. The van der Waals surface area contributed by atoms with Crippen LogP contribution < -0.4 is 4.90 Å². The van der Waals surface area contributed by atoms with E-state index >= 15 is 0 Å². The number of nitriles is 1. The molecule has 234 valence electrons. The standard InChI is InChI=1S/C44H26N4O2/c45-25-28-24-31(27-46-26-28)33-18-9-19-35-34-16-7-8-21-37(34)47(42(33)35)39-23-11-20-36-41(39)44(50)48(43(36)49)38-22-10-17-32(29-12-3-1-4-13-29)40(38)30-14-5-2-6-15-30/h1-24,26-27H. The molecule has 2 amide bonds. The van der Waals surface area contributed by atoms with Crippen LogP contribution in [0.3, 0.4) is 0 Å². The Labute approximate surface area is 287 Å². The second-order valence-corrected chi connectivity index (χ2v) is 12.2. The van der Waals surface area contributed by atoms with Crippen LogP contribution in [0.5, 0.6) is 0 Å². The summed E-state index contributed by atoms with van der Waals surface area (Å²) in [6.45, 7) is 0. The normalized spacial score (nSPS) is 12.4. The maximum atomic E-state index is 14.9. The molecule has 0 radical (unpaired) electrons. The predicted octanol–water partition coefficient (Wildman–Crippen LogP) is 9.85. The maximum absolute atomic E-state index is 14.9. The van der Waals surface area contributed by atoms with Crippen LogP contribution in [0.1, 0.15) is 26.3 Å². The van der Waals surface area contributed by atoms with Crippen molar-refractivity contribution < 1.29 is 9.59 Å². The number of nitrogens with zero attached hydrogens (tertiary/aromatic N) is 4. The average molecular weight is 643 g/mol. The van der Waals surface area contributed by atoms with E-state index < -0.39 is 0 Å². The van der Waals surface area contributed by atoms with Crippen molar-refractivity contribution in [1.29, 1.82) is 5.26 Å². The largest absolute Gasteiger partial charge is 0.308 e. The first-order valence-electron chi connectivity index (χ1n) is 16.3. The molecule has 6 aromatic carbocycles. The Morgan fingerprint density at radius 1 is 0.520 bits per heavy atom. The highest BCUT2D eigenvalue weighted by molar-refractivity contribution is 6.37. The molecule has 3 heterocycles. The lowest BCUT2D eigenvalue weighted by atomic mass is 9.92. The number of hydrogen-bond acceptors (Lipinski definition) is 4. The van der Waals surface area contributed by atoms with Crippen LogP contribution in [0.25, 0.3) is 60.9 Å². The number of rotatable bonds is 5. The van der Waals surface area contributed by atoms with Crippen molar-refractivity contribution in [3.8, 4) is 45.1 Å². The summed E-state index contributed by atoms with van der Waals surface area (Å²) in [5.41, 5.74) is 9.25. The zero-order valence-corrected chi connectivity index (χ0v) is 26.6. The van der Waals surface area contributed by atoms with E-state index in [4.69, 9.17) is 0 Å². The van der Waals surface area contributed by atoms with Gasteiger partial charge in [-0.25, -0.2) is 4.90 Å². The van der Waals surface area contributed by atoms with Gasteiger partial charge in [-0.3, -0.25) is 14.6 Å². The van der Waals surface area contributed by atoms with Crippen molar-refractivity contribution in [3.05, 3.63) is 175 Å². The van der Waals surface area contributed by atoms with Crippen molar-refractivity contribution in [2.45, 2.75) is 0 Å². The van der Waals surface area contributed by atoms with Crippen molar-refractivity contribution in [2.24, 2.45) is 0 Å². The van der Waals surface area contributed by atoms with E-state index in [0.717, 1.165) is 55.2 Å². The van der Waals surface area contributed by atoms with Crippen LogP contribution in [0.4, 0.5) is 5.69 Å².